The summed E-state index contributed by atoms with van der Waals surface area (Å²) in [6.45, 7) is 0. The zero-order chi connectivity index (χ0) is 38.0. The highest BCUT2D eigenvalue weighted by Crippen LogP contribution is 2.57. The molecule has 0 amide bonds. The maximum absolute atomic E-state index is 2.45. The fourth-order valence-corrected chi connectivity index (χ4v) is 8.85. The molecule has 0 fully saturated rings. The molecule has 57 heavy (non-hydrogen) atoms. The molecule has 0 atom stereocenters. The van der Waals surface area contributed by atoms with E-state index in [1.54, 1.807) is 0 Å². The SMILES string of the molecule is c1ccc(-c2cc(N(c3ccccc3)c3ccccc3)cc(N(c3ccccc3)c3ccc4c(c3)C(c3ccccc3)(c3ccccc3)c3ccccc3-4)c2)cc1. The van der Waals surface area contributed by atoms with E-state index in [9.17, 15) is 0 Å². The highest BCUT2D eigenvalue weighted by molar-refractivity contribution is 5.91. The van der Waals surface area contributed by atoms with Gasteiger partial charge in [-0.05, 0) is 111 Å². The summed E-state index contributed by atoms with van der Waals surface area (Å²) >= 11 is 0. The molecular formula is C55H40N2. The third-order valence-electron chi connectivity index (χ3n) is 11.3. The summed E-state index contributed by atoms with van der Waals surface area (Å²) in [6.07, 6.45) is 0. The Kier molecular flexibility index (Phi) is 8.78. The summed E-state index contributed by atoms with van der Waals surface area (Å²) in [7, 11) is 0. The lowest BCUT2D eigenvalue weighted by Gasteiger charge is -2.35. The minimum Gasteiger partial charge on any atom is -0.310 e. The molecular weight excluding hydrogens is 689 g/mol. The Labute approximate surface area is 335 Å². The fourth-order valence-electron chi connectivity index (χ4n) is 8.85. The Morgan fingerprint density at radius 1 is 0.246 bits per heavy atom. The minimum absolute atomic E-state index is 0.513. The fraction of sp³-hybridized carbons (Fsp3) is 0.0182. The van der Waals surface area contributed by atoms with Gasteiger partial charge in [-0.1, -0.05) is 176 Å². The van der Waals surface area contributed by atoms with Crippen molar-refractivity contribution in [3.8, 4) is 22.3 Å². The second-order valence-corrected chi connectivity index (χ2v) is 14.5. The Morgan fingerprint density at radius 3 is 1.16 bits per heavy atom. The van der Waals surface area contributed by atoms with Crippen LogP contribution in [0.25, 0.3) is 22.3 Å². The highest BCUT2D eigenvalue weighted by atomic mass is 15.2. The van der Waals surface area contributed by atoms with Gasteiger partial charge in [0.15, 0.2) is 0 Å². The van der Waals surface area contributed by atoms with E-state index >= 15 is 0 Å². The molecule has 2 heteroatoms. The average Bonchev–Trinajstić information content (AvgIpc) is 3.59. The van der Waals surface area contributed by atoms with Gasteiger partial charge in [-0.2, -0.15) is 0 Å². The molecule has 1 aliphatic rings. The van der Waals surface area contributed by atoms with Crippen molar-refractivity contribution < 1.29 is 0 Å². The molecule has 0 bridgehead atoms. The monoisotopic (exact) mass is 728 g/mol. The first kappa shape index (κ1) is 34.1. The summed E-state index contributed by atoms with van der Waals surface area (Å²) in [5.41, 5.74) is 15.9. The first-order valence-corrected chi connectivity index (χ1v) is 19.6. The largest absolute Gasteiger partial charge is 0.310 e. The standard InChI is InChI=1S/C55H40N2/c1-7-21-41(22-8-1)42-37-49(56(45-27-13-4-14-28-45)46-29-15-5-16-30-46)39-50(38-42)57(47-31-17-6-18-32-47)48-35-36-52-51-33-19-20-34-53(51)55(54(52)40-48,43-23-9-2-10-24-43)44-25-11-3-12-26-44/h1-40H. The maximum atomic E-state index is 2.45. The predicted molar refractivity (Wildman–Crippen MR) is 239 cm³/mol. The number of hydrogen-bond donors (Lipinski definition) is 0. The van der Waals surface area contributed by atoms with E-state index in [4.69, 9.17) is 0 Å². The first-order valence-electron chi connectivity index (χ1n) is 19.6. The number of anilines is 6. The van der Waals surface area contributed by atoms with Crippen molar-refractivity contribution in [2.75, 3.05) is 9.80 Å². The van der Waals surface area contributed by atoms with Crippen LogP contribution in [0.2, 0.25) is 0 Å². The lowest BCUT2D eigenvalue weighted by molar-refractivity contribution is 0.768. The molecule has 0 spiro atoms. The van der Waals surface area contributed by atoms with E-state index in [1.807, 2.05) is 0 Å². The number of hydrogen-bond acceptors (Lipinski definition) is 2. The van der Waals surface area contributed by atoms with Gasteiger partial charge >= 0.3 is 0 Å². The molecule has 0 aromatic heterocycles. The van der Waals surface area contributed by atoms with E-state index < -0.39 is 5.41 Å². The van der Waals surface area contributed by atoms with Crippen molar-refractivity contribution in [2.24, 2.45) is 0 Å². The molecule has 270 valence electrons. The molecule has 0 radical (unpaired) electrons. The van der Waals surface area contributed by atoms with Gasteiger partial charge < -0.3 is 9.80 Å². The van der Waals surface area contributed by atoms with Crippen LogP contribution < -0.4 is 9.80 Å². The number of fused-ring (bicyclic) bond motifs is 3. The second kappa shape index (κ2) is 14.7. The summed E-state index contributed by atoms with van der Waals surface area (Å²) in [5, 5.41) is 0. The van der Waals surface area contributed by atoms with Gasteiger partial charge in [-0.3, -0.25) is 0 Å². The second-order valence-electron chi connectivity index (χ2n) is 14.5. The van der Waals surface area contributed by atoms with Gasteiger partial charge in [-0.15, -0.1) is 0 Å². The van der Waals surface area contributed by atoms with E-state index in [0.717, 1.165) is 45.3 Å². The molecule has 0 heterocycles. The topological polar surface area (TPSA) is 6.48 Å². The third-order valence-corrected chi connectivity index (χ3v) is 11.3. The van der Waals surface area contributed by atoms with Gasteiger partial charge in [0.2, 0.25) is 0 Å². The molecule has 9 aromatic carbocycles. The minimum atomic E-state index is -0.513. The quantitative estimate of drug-likeness (QED) is 0.146. The van der Waals surface area contributed by atoms with Crippen LogP contribution in [0, 0.1) is 0 Å². The molecule has 0 unspecified atom stereocenters. The van der Waals surface area contributed by atoms with Crippen LogP contribution in [0.3, 0.4) is 0 Å². The van der Waals surface area contributed by atoms with E-state index in [1.165, 1.54) is 33.4 Å². The van der Waals surface area contributed by atoms with Crippen LogP contribution in [0.1, 0.15) is 22.3 Å². The molecule has 9 aromatic rings. The average molecular weight is 729 g/mol. The Balaban J connectivity index is 1.25. The van der Waals surface area contributed by atoms with Crippen LogP contribution in [-0.2, 0) is 5.41 Å². The van der Waals surface area contributed by atoms with Gasteiger partial charge in [0.05, 0.1) is 5.41 Å². The maximum Gasteiger partial charge on any atom is 0.0714 e. The Morgan fingerprint density at radius 2 is 0.649 bits per heavy atom. The highest BCUT2D eigenvalue weighted by Gasteiger charge is 2.46. The van der Waals surface area contributed by atoms with Gasteiger partial charge in [0, 0.05) is 34.1 Å². The lowest BCUT2D eigenvalue weighted by Crippen LogP contribution is -2.28. The van der Waals surface area contributed by atoms with Crippen molar-refractivity contribution in [1.82, 2.24) is 0 Å². The lowest BCUT2D eigenvalue weighted by atomic mass is 9.67. The Hall–Kier alpha value is -7.42. The zero-order valence-corrected chi connectivity index (χ0v) is 31.5. The molecule has 0 N–H and O–H groups in total. The van der Waals surface area contributed by atoms with Crippen molar-refractivity contribution in [1.29, 1.82) is 0 Å². The first-order chi connectivity index (χ1) is 28.3. The predicted octanol–water partition coefficient (Wildman–Crippen LogP) is 14.7. The van der Waals surface area contributed by atoms with Crippen molar-refractivity contribution in [3.63, 3.8) is 0 Å². The van der Waals surface area contributed by atoms with Crippen LogP contribution in [0.4, 0.5) is 34.1 Å². The zero-order valence-electron chi connectivity index (χ0n) is 31.5. The van der Waals surface area contributed by atoms with Crippen LogP contribution in [0.15, 0.2) is 243 Å². The van der Waals surface area contributed by atoms with Gasteiger partial charge in [0.1, 0.15) is 0 Å². The number of para-hydroxylation sites is 3. The summed E-state index contributed by atoms with van der Waals surface area (Å²) < 4.78 is 0. The summed E-state index contributed by atoms with van der Waals surface area (Å²) in [5.74, 6) is 0. The van der Waals surface area contributed by atoms with E-state index in [2.05, 4.69) is 252 Å². The molecule has 1 aliphatic carbocycles. The smallest absolute Gasteiger partial charge is 0.0714 e. The molecule has 2 nitrogen and oxygen atoms in total. The normalized spacial score (nSPS) is 12.4. The van der Waals surface area contributed by atoms with E-state index in [0.29, 0.717) is 0 Å². The Bertz CT molecular complexity index is 2690. The van der Waals surface area contributed by atoms with E-state index in [-0.39, 0.29) is 0 Å². The summed E-state index contributed by atoms with van der Waals surface area (Å²) in [4.78, 5) is 4.78. The molecule has 0 aliphatic heterocycles. The third kappa shape index (κ3) is 6.00. The molecule has 0 saturated carbocycles. The van der Waals surface area contributed by atoms with Gasteiger partial charge in [0.25, 0.3) is 0 Å². The van der Waals surface area contributed by atoms with Crippen LogP contribution in [0.5, 0.6) is 0 Å². The molecule has 10 rings (SSSR count). The van der Waals surface area contributed by atoms with Crippen molar-refractivity contribution in [3.05, 3.63) is 265 Å². The number of rotatable bonds is 9. The van der Waals surface area contributed by atoms with Crippen molar-refractivity contribution in [2.45, 2.75) is 5.41 Å². The number of nitrogens with zero attached hydrogens (tertiary/aromatic N) is 2. The van der Waals surface area contributed by atoms with Crippen LogP contribution >= 0.6 is 0 Å². The number of benzene rings is 9. The van der Waals surface area contributed by atoms with Gasteiger partial charge in [-0.25, -0.2) is 0 Å². The van der Waals surface area contributed by atoms with Crippen LogP contribution in [-0.4, -0.2) is 0 Å². The summed E-state index contributed by atoms with van der Waals surface area (Å²) in [6, 6.07) is 87.9. The molecule has 0 saturated heterocycles. The van der Waals surface area contributed by atoms with Crippen molar-refractivity contribution >= 4 is 34.1 Å².